The van der Waals surface area contributed by atoms with Crippen LogP contribution in [0.5, 0.6) is 0 Å². The number of nitrogens with two attached hydrogens (primary N) is 1. The SMILES string of the molecule is CC1CN(c2ccc(F)cc2CN)CC1N(C)C. The monoisotopic (exact) mass is 251 g/mol. The van der Waals surface area contributed by atoms with Gasteiger partial charge >= 0.3 is 0 Å². The summed E-state index contributed by atoms with van der Waals surface area (Å²) < 4.78 is 13.2. The predicted octanol–water partition coefficient (Wildman–Crippen LogP) is 1.67. The average molecular weight is 251 g/mol. The Morgan fingerprint density at radius 1 is 1.39 bits per heavy atom. The van der Waals surface area contributed by atoms with Gasteiger partial charge in [-0.25, -0.2) is 4.39 Å². The van der Waals surface area contributed by atoms with Crippen molar-refractivity contribution >= 4 is 5.69 Å². The zero-order chi connectivity index (χ0) is 13.3. The van der Waals surface area contributed by atoms with Crippen molar-refractivity contribution in [2.75, 3.05) is 32.1 Å². The maximum Gasteiger partial charge on any atom is 0.123 e. The van der Waals surface area contributed by atoms with Gasteiger partial charge in [-0.05, 0) is 43.8 Å². The van der Waals surface area contributed by atoms with Crippen LogP contribution in [0.25, 0.3) is 0 Å². The van der Waals surface area contributed by atoms with E-state index in [4.69, 9.17) is 5.73 Å². The van der Waals surface area contributed by atoms with Crippen molar-refractivity contribution < 1.29 is 4.39 Å². The molecule has 1 fully saturated rings. The summed E-state index contributed by atoms with van der Waals surface area (Å²) in [5, 5.41) is 0. The lowest BCUT2D eigenvalue weighted by Gasteiger charge is -2.24. The second-order valence-corrected chi connectivity index (χ2v) is 5.39. The molecule has 2 rings (SSSR count). The highest BCUT2D eigenvalue weighted by atomic mass is 19.1. The molecular formula is C14H22FN3. The third kappa shape index (κ3) is 2.49. The number of anilines is 1. The van der Waals surface area contributed by atoms with E-state index >= 15 is 0 Å². The molecule has 1 aromatic carbocycles. The van der Waals surface area contributed by atoms with Crippen LogP contribution in [0.3, 0.4) is 0 Å². The molecule has 2 atom stereocenters. The minimum Gasteiger partial charge on any atom is -0.369 e. The Morgan fingerprint density at radius 2 is 2.11 bits per heavy atom. The van der Waals surface area contributed by atoms with Gasteiger partial charge in [-0.15, -0.1) is 0 Å². The number of hydrogen-bond acceptors (Lipinski definition) is 3. The molecule has 18 heavy (non-hydrogen) atoms. The van der Waals surface area contributed by atoms with E-state index < -0.39 is 0 Å². The minimum absolute atomic E-state index is 0.212. The van der Waals surface area contributed by atoms with Crippen molar-refractivity contribution in [1.82, 2.24) is 4.90 Å². The lowest BCUT2D eigenvalue weighted by molar-refractivity contribution is 0.266. The highest BCUT2D eigenvalue weighted by molar-refractivity contribution is 5.55. The van der Waals surface area contributed by atoms with Crippen LogP contribution < -0.4 is 10.6 Å². The summed E-state index contributed by atoms with van der Waals surface area (Å²) in [7, 11) is 4.22. The van der Waals surface area contributed by atoms with Gasteiger partial charge < -0.3 is 15.5 Å². The van der Waals surface area contributed by atoms with Crippen molar-refractivity contribution in [3.05, 3.63) is 29.6 Å². The zero-order valence-electron chi connectivity index (χ0n) is 11.4. The summed E-state index contributed by atoms with van der Waals surface area (Å²) in [6.45, 7) is 4.62. The van der Waals surface area contributed by atoms with Crippen molar-refractivity contribution in [3.8, 4) is 0 Å². The summed E-state index contributed by atoms with van der Waals surface area (Å²) in [6.07, 6.45) is 0. The van der Waals surface area contributed by atoms with E-state index in [1.54, 1.807) is 6.07 Å². The van der Waals surface area contributed by atoms with Gasteiger partial charge in [0, 0.05) is 31.4 Å². The van der Waals surface area contributed by atoms with Crippen LogP contribution in [0.1, 0.15) is 12.5 Å². The molecule has 0 bridgehead atoms. The fraction of sp³-hybridized carbons (Fsp3) is 0.571. The molecule has 1 saturated heterocycles. The molecule has 1 aromatic rings. The fourth-order valence-electron chi connectivity index (χ4n) is 2.84. The smallest absolute Gasteiger partial charge is 0.123 e. The summed E-state index contributed by atoms with van der Waals surface area (Å²) in [6, 6.07) is 5.45. The Morgan fingerprint density at radius 3 is 2.67 bits per heavy atom. The Bertz CT molecular complexity index is 420. The summed E-state index contributed by atoms with van der Waals surface area (Å²) in [5.41, 5.74) is 7.68. The molecule has 100 valence electrons. The van der Waals surface area contributed by atoms with Crippen LogP contribution in [-0.4, -0.2) is 38.1 Å². The largest absolute Gasteiger partial charge is 0.369 e. The van der Waals surface area contributed by atoms with Gasteiger partial charge in [-0.3, -0.25) is 0 Å². The highest BCUT2D eigenvalue weighted by Gasteiger charge is 2.31. The molecule has 0 radical (unpaired) electrons. The maximum atomic E-state index is 13.2. The van der Waals surface area contributed by atoms with Crippen LogP contribution in [0.4, 0.5) is 10.1 Å². The molecule has 3 nitrogen and oxygen atoms in total. The van der Waals surface area contributed by atoms with Crippen LogP contribution in [0, 0.1) is 11.7 Å². The lowest BCUT2D eigenvalue weighted by Crippen LogP contribution is -2.34. The third-order valence-corrected chi connectivity index (χ3v) is 3.84. The van der Waals surface area contributed by atoms with Crippen molar-refractivity contribution in [3.63, 3.8) is 0 Å². The van der Waals surface area contributed by atoms with Crippen molar-refractivity contribution in [2.45, 2.75) is 19.5 Å². The molecule has 2 unspecified atom stereocenters. The van der Waals surface area contributed by atoms with E-state index in [9.17, 15) is 4.39 Å². The van der Waals surface area contributed by atoms with Gasteiger partial charge in [0.15, 0.2) is 0 Å². The molecule has 0 aliphatic carbocycles. The van der Waals surface area contributed by atoms with Crippen molar-refractivity contribution in [2.24, 2.45) is 11.7 Å². The number of benzene rings is 1. The topological polar surface area (TPSA) is 32.5 Å². The van der Waals surface area contributed by atoms with E-state index in [0.29, 0.717) is 18.5 Å². The Balaban J connectivity index is 2.23. The first-order valence-corrected chi connectivity index (χ1v) is 6.42. The van der Waals surface area contributed by atoms with Gasteiger partial charge in [0.1, 0.15) is 5.82 Å². The summed E-state index contributed by atoms with van der Waals surface area (Å²) in [4.78, 5) is 4.58. The molecule has 0 aromatic heterocycles. The summed E-state index contributed by atoms with van der Waals surface area (Å²) in [5.74, 6) is 0.395. The molecule has 2 N–H and O–H groups in total. The summed E-state index contributed by atoms with van der Waals surface area (Å²) >= 11 is 0. The molecular weight excluding hydrogens is 229 g/mol. The van der Waals surface area contributed by atoms with Gasteiger partial charge in [-0.2, -0.15) is 0 Å². The Hall–Kier alpha value is -1.13. The Labute approximate surface area is 108 Å². The molecule has 1 aliphatic heterocycles. The molecule has 1 heterocycles. The highest BCUT2D eigenvalue weighted by Crippen LogP contribution is 2.29. The Kier molecular flexibility index (Phi) is 3.88. The number of halogens is 1. The molecule has 0 spiro atoms. The molecule has 1 aliphatic rings. The second kappa shape index (κ2) is 5.24. The van der Waals surface area contributed by atoms with E-state index in [0.717, 1.165) is 24.3 Å². The molecule has 0 amide bonds. The quantitative estimate of drug-likeness (QED) is 0.887. The first-order chi connectivity index (χ1) is 8.52. The molecule has 0 saturated carbocycles. The van der Waals surface area contributed by atoms with E-state index in [1.807, 2.05) is 6.07 Å². The van der Waals surface area contributed by atoms with E-state index in [-0.39, 0.29) is 5.82 Å². The predicted molar refractivity (Wildman–Crippen MR) is 73.1 cm³/mol. The van der Waals surface area contributed by atoms with Gasteiger partial charge in [0.2, 0.25) is 0 Å². The number of rotatable bonds is 3. The minimum atomic E-state index is -0.212. The van der Waals surface area contributed by atoms with Crippen LogP contribution in [0.2, 0.25) is 0 Å². The second-order valence-electron chi connectivity index (χ2n) is 5.39. The normalized spacial score (nSPS) is 24.0. The van der Waals surface area contributed by atoms with E-state index in [1.165, 1.54) is 6.07 Å². The zero-order valence-corrected chi connectivity index (χ0v) is 11.4. The van der Waals surface area contributed by atoms with Crippen LogP contribution >= 0.6 is 0 Å². The average Bonchev–Trinajstić information content (AvgIpc) is 2.71. The van der Waals surface area contributed by atoms with E-state index in [2.05, 4.69) is 30.8 Å². The first-order valence-electron chi connectivity index (χ1n) is 6.42. The van der Waals surface area contributed by atoms with Gasteiger partial charge in [0.05, 0.1) is 0 Å². The standard InChI is InChI=1S/C14H22FN3/c1-10-8-18(9-14(10)17(2)3)13-5-4-12(15)6-11(13)7-16/h4-6,10,14H,7-9,16H2,1-3H3. The van der Waals surface area contributed by atoms with Crippen molar-refractivity contribution in [1.29, 1.82) is 0 Å². The first kappa shape index (κ1) is 13.3. The fourth-order valence-corrected chi connectivity index (χ4v) is 2.84. The maximum absolute atomic E-state index is 13.2. The third-order valence-electron chi connectivity index (χ3n) is 3.84. The van der Waals surface area contributed by atoms with Crippen LogP contribution in [0.15, 0.2) is 18.2 Å². The van der Waals surface area contributed by atoms with Gasteiger partial charge in [-0.1, -0.05) is 6.92 Å². The number of hydrogen-bond donors (Lipinski definition) is 1. The van der Waals surface area contributed by atoms with Gasteiger partial charge in [0.25, 0.3) is 0 Å². The van der Waals surface area contributed by atoms with Crippen LogP contribution in [-0.2, 0) is 6.54 Å². The number of likely N-dealkylation sites (N-methyl/N-ethyl adjacent to an activating group) is 1. The number of nitrogens with zero attached hydrogens (tertiary/aromatic N) is 2. The molecule has 4 heteroatoms. The lowest BCUT2D eigenvalue weighted by atomic mass is 10.1.